The number of carbonyl (C=O) groups excluding carboxylic acids is 1. The highest BCUT2D eigenvalue weighted by Crippen LogP contribution is 2.58. The number of nitrogens with two attached hydrogens (primary N) is 1. The van der Waals surface area contributed by atoms with Crippen LogP contribution in [0.25, 0.3) is 11.2 Å². The molecule has 4 aliphatic rings. The minimum Gasteiger partial charge on any atom is -0.366 e. The molecular formula is C24H27FN6O2. The molecule has 3 aromatic rings. The Balaban J connectivity index is 1.44. The van der Waals surface area contributed by atoms with Crippen LogP contribution >= 0.6 is 0 Å². The molecule has 2 unspecified atom stereocenters. The summed E-state index contributed by atoms with van der Waals surface area (Å²) in [7, 11) is 1.73. The van der Waals surface area contributed by atoms with Gasteiger partial charge in [-0.3, -0.25) is 13.9 Å². The molecular weight excluding hydrogens is 423 g/mol. The molecule has 1 amide bonds. The molecule has 0 spiro atoms. The van der Waals surface area contributed by atoms with Crippen LogP contribution in [0, 0.1) is 30.5 Å². The molecule has 33 heavy (non-hydrogen) atoms. The number of anilines is 2. The van der Waals surface area contributed by atoms with Gasteiger partial charge in [0, 0.05) is 14.1 Å². The van der Waals surface area contributed by atoms with Gasteiger partial charge in [-0.15, -0.1) is 0 Å². The van der Waals surface area contributed by atoms with Gasteiger partial charge < -0.3 is 11.1 Å². The van der Waals surface area contributed by atoms with E-state index in [0.29, 0.717) is 40.2 Å². The average Bonchev–Trinajstić information content (AvgIpc) is 3.03. The number of primary amides is 1. The zero-order valence-corrected chi connectivity index (χ0v) is 18.6. The van der Waals surface area contributed by atoms with E-state index in [0.717, 1.165) is 32.1 Å². The summed E-state index contributed by atoms with van der Waals surface area (Å²) in [5.41, 5.74) is 6.87. The first kappa shape index (κ1) is 19.3. The molecule has 2 heterocycles. The number of amides is 1. The Labute approximate surface area is 191 Å². The van der Waals surface area contributed by atoms with Crippen LogP contribution in [0.1, 0.15) is 55.8 Å². The number of hydrogen-bond donors (Lipinski definition) is 2. The quantitative estimate of drug-likeness (QED) is 0.633. The normalized spacial score (nSPS) is 30.6. The van der Waals surface area contributed by atoms with E-state index >= 15 is 0 Å². The van der Waals surface area contributed by atoms with Crippen LogP contribution < -0.4 is 16.7 Å². The van der Waals surface area contributed by atoms with Gasteiger partial charge in [-0.05, 0) is 80.9 Å². The van der Waals surface area contributed by atoms with Gasteiger partial charge in [-0.1, -0.05) is 0 Å². The van der Waals surface area contributed by atoms with Crippen molar-refractivity contribution < 1.29 is 10.6 Å². The number of halogens is 1. The van der Waals surface area contributed by atoms with Crippen LogP contribution in [-0.2, 0) is 12.6 Å². The number of rotatable bonds is 4. The van der Waals surface area contributed by atoms with Gasteiger partial charge in [0.25, 0.3) is 5.91 Å². The highest BCUT2D eigenvalue weighted by molar-refractivity contribution is 5.94. The molecule has 2 atom stereocenters. The third-order valence-electron chi connectivity index (χ3n) is 7.87. The van der Waals surface area contributed by atoms with Crippen LogP contribution in [0.4, 0.5) is 16.0 Å². The highest BCUT2D eigenvalue weighted by Gasteiger charge is 2.53. The maximum absolute atomic E-state index is 14.4. The lowest BCUT2D eigenvalue weighted by atomic mass is 9.53. The van der Waals surface area contributed by atoms with E-state index in [2.05, 4.69) is 10.3 Å². The second-order valence-electron chi connectivity index (χ2n) is 10.1. The van der Waals surface area contributed by atoms with E-state index in [1.54, 1.807) is 24.7 Å². The Morgan fingerprint density at radius 2 is 1.97 bits per heavy atom. The van der Waals surface area contributed by atoms with Crippen molar-refractivity contribution >= 4 is 28.7 Å². The SMILES string of the molecule is [2H]C1C2CC3CC1CC(n1c(=O)n(C)c4cnc(Nc5cc(F)c(C(N)=O)cc5C)nc41)(C3)C2. The monoisotopic (exact) mass is 451 g/mol. The Morgan fingerprint density at radius 3 is 2.67 bits per heavy atom. The summed E-state index contributed by atoms with van der Waals surface area (Å²) in [5, 5.41) is 3.04. The van der Waals surface area contributed by atoms with Gasteiger partial charge in [0.2, 0.25) is 5.95 Å². The predicted molar refractivity (Wildman–Crippen MR) is 122 cm³/mol. The van der Waals surface area contributed by atoms with Crippen molar-refractivity contribution in [3.05, 3.63) is 45.8 Å². The van der Waals surface area contributed by atoms with Crippen molar-refractivity contribution in [1.82, 2.24) is 19.1 Å². The number of aryl methyl sites for hydroxylation is 2. The van der Waals surface area contributed by atoms with Crippen LogP contribution in [0.3, 0.4) is 0 Å². The van der Waals surface area contributed by atoms with E-state index in [1.807, 2.05) is 4.57 Å². The Hall–Kier alpha value is -3.23. The molecule has 9 heteroatoms. The average molecular weight is 452 g/mol. The maximum Gasteiger partial charge on any atom is 0.330 e. The fourth-order valence-corrected chi connectivity index (χ4v) is 6.73. The predicted octanol–water partition coefficient (Wildman–Crippen LogP) is 3.35. The van der Waals surface area contributed by atoms with Crippen molar-refractivity contribution in [3.63, 3.8) is 0 Å². The Morgan fingerprint density at radius 1 is 1.27 bits per heavy atom. The summed E-state index contributed by atoms with van der Waals surface area (Å²) in [6, 6.07) is 2.60. The van der Waals surface area contributed by atoms with Gasteiger partial charge in [-0.2, -0.15) is 4.98 Å². The molecule has 0 aliphatic heterocycles. The first-order valence-corrected chi connectivity index (χ1v) is 11.4. The molecule has 2 aromatic heterocycles. The van der Waals surface area contributed by atoms with Crippen LogP contribution in [0.5, 0.6) is 0 Å². The molecule has 4 saturated carbocycles. The largest absolute Gasteiger partial charge is 0.366 e. The van der Waals surface area contributed by atoms with Gasteiger partial charge in [0.15, 0.2) is 5.65 Å². The minimum atomic E-state index is -0.830. The van der Waals surface area contributed by atoms with Crippen molar-refractivity contribution in [3.8, 4) is 0 Å². The molecule has 172 valence electrons. The van der Waals surface area contributed by atoms with Gasteiger partial charge in [0.05, 0.1) is 17.3 Å². The smallest absolute Gasteiger partial charge is 0.330 e. The Kier molecular flexibility index (Phi) is 4.02. The number of carbonyl (C=O) groups is 1. The molecule has 7 rings (SSSR count). The number of fused-ring (bicyclic) bond motifs is 1. The third kappa shape index (κ3) is 3.01. The summed E-state index contributed by atoms with van der Waals surface area (Å²) < 4.78 is 26.4. The topological polar surface area (TPSA) is 108 Å². The standard InChI is InChI=1S/C24H27FN6O2/c1-12-3-16(20(26)32)17(25)7-18(12)28-22-27-11-19-21(29-22)31(23(33)30(19)2)24-8-13-4-14(9-24)6-15(5-13)10-24/h3,7,11,13-15H,4-6,8-10H2,1-2H3,(H2,26,32)(H,27,28,29)/i4D. The lowest BCUT2D eigenvalue weighted by molar-refractivity contribution is -0.0430. The molecule has 4 fully saturated rings. The summed E-state index contributed by atoms with van der Waals surface area (Å²) in [6.07, 6.45) is 6.35. The summed E-state index contributed by atoms with van der Waals surface area (Å²) in [5.74, 6) is -0.121. The number of nitrogens with one attached hydrogen (secondary N) is 1. The van der Waals surface area contributed by atoms with E-state index in [-0.39, 0.29) is 29.1 Å². The van der Waals surface area contributed by atoms with Crippen molar-refractivity contribution in [2.45, 2.75) is 51.0 Å². The number of benzene rings is 1. The minimum absolute atomic E-state index is 0.0385. The highest BCUT2D eigenvalue weighted by atomic mass is 19.1. The number of aromatic nitrogens is 4. The van der Waals surface area contributed by atoms with E-state index in [1.165, 1.54) is 12.1 Å². The number of imidazole rings is 1. The third-order valence-corrected chi connectivity index (χ3v) is 7.87. The van der Waals surface area contributed by atoms with E-state index in [9.17, 15) is 14.0 Å². The van der Waals surface area contributed by atoms with Gasteiger partial charge in [0.1, 0.15) is 11.3 Å². The molecule has 0 saturated heterocycles. The van der Waals surface area contributed by atoms with Crippen LogP contribution in [-0.4, -0.2) is 25.0 Å². The lowest BCUT2D eigenvalue weighted by Crippen LogP contribution is -2.54. The maximum atomic E-state index is 14.4. The molecule has 4 bridgehead atoms. The van der Waals surface area contributed by atoms with Gasteiger partial charge in [-0.25, -0.2) is 14.2 Å². The second kappa shape index (κ2) is 6.88. The zero-order valence-electron chi connectivity index (χ0n) is 19.6. The van der Waals surface area contributed by atoms with Crippen LogP contribution in [0.2, 0.25) is 0 Å². The zero-order chi connectivity index (χ0) is 23.9. The second-order valence-corrected chi connectivity index (χ2v) is 10.1. The van der Waals surface area contributed by atoms with Crippen LogP contribution in [0.15, 0.2) is 23.1 Å². The summed E-state index contributed by atoms with van der Waals surface area (Å²) >= 11 is 0. The van der Waals surface area contributed by atoms with Crippen molar-refractivity contribution in [2.24, 2.45) is 30.5 Å². The van der Waals surface area contributed by atoms with E-state index in [4.69, 9.17) is 12.1 Å². The fraction of sp³-hybridized carbons (Fsp3) is 0.500. The van der Waals surface area contributed by atoms with E-state index < -0.39 is 11.7 Å². The molecule has 0 radical (unpaired) electrons. The lowest BCUT2D eigenvalue weighted by Gasteiger charge is -2.56. The molecule has 8 nitrogen and oxygen atoms in total. The number of nitrogens with zero attached hydrogens (tertiary/aromatic N) is 4. The molecule has 1 aromatic carbocycles. The molecule has 3 N–H and O–H groups in total. The number of hydrogen-bond acceptors (Lipinski definition) is 5. The summed E-state index contributed by atoms with van der Waals surface area (Å²) in [4.78, 5) is 34.0. The fourth-order valence-electron chi connectivity index (χ4n) is 6.73. The van der Waals surface area contributed by atoms with Gasteiger partial charge >= 0.3 is 5.69 Å². The van der Waals surface area contributed by atoms with Crippen molar-refractivity contribution in [2.75, 3.05) is 5.32 Å². The van der Waals surface area contributed by atoms with Crippen molar-refractivity contribution in [1.29, 1.82) is 0 Å². The summed E-state index contributed by atoms with van der Waals surface area (Å²) in [6.45, 7) is 1.73. The molecule has 4 aliphatic carbocycles. The Bertz CT molecular complexity index is 1400. The first-order chi connectivity index (χ1) is 16.2. The first-order valence-electron chi connectivity index (χ1n) is 12.0.